The standard InChI is InChI=1S/C38H43N3O5/c1-26-35(24-41-19-18-34(43)23-41)45-37(46-36(26)31-12-10-28(25-42)11-13-31)32-16-14-30(15-17-32)33-9-5-8-29(20-33)22-40-38(44)39-21-27-6-3-2-4-7-27/h2-17,20,26,34-37,42-43H,18-19,21-25H2,1H3,(H2,39,40,44)/t26-,34-,35+,36+,37+/m0/s1. The molecule has 0 radical (unpaired) electrons. The zero-order valence-corrected chi connectivity index (χ0v) is 26.2. The number of hydrogen-bond acceptors (Lipinski definition) is 6. The number of rotatable bonds is 10. The van der Waals surface area contributed by atoms with E-state index in [4.69, 9.17) is 9.47 Å². The Kier molecular flexibility index (Phi) is 10.4. The van der Waals surface area contributed by atoms with Crippen LogP contribution in [0.5, 0.6) is 0 Å². The lowest BCUT2D eigenvalue weighted by Gasteiger charge is -2.42. The molecule has 4 aromatic rings. The van der Waals surface area contributed by atoms with Crippen LogP contribution < -0.4 is 10.6 Å². The van der Waals surface area contributed by atoms with Gasteiger partial charge in [0.05, 0.1) is 24.9 Å². The van der Waals surface area contributed by atoms with E-state index >= 15 is 0 Å². The van der Waals surface area contributed by atoms with E-state index in [9.17, 15) is 15.0 Å². The van der Waals surface area contributed by atoms with Crippen LogP contribution in [0.3, 0.4) is 0 Å². The molecule has 240 valence electrons. The zero-order valence-electron chi connectivity index (χ0n) is 26.2. The lowest BCUT2D eigenvalue weighted by Crippen LogP contribution is -2.44. The third-order valence-corrected chi connectivity index (χ3v) is 9.00. The number of carbonyl (C=O) groups excluding carboxylic acids is 1. The monoisotopic (exact) mass is 621 g/mol. The Hall–Kier alpha value is -4.05. The van der Waals surface area contributed by atoms with E-state index < -0.39 is 6.29 Å². The Balaban J connectivity index is 1.13. The van der Waals surface area contributed by atoms with E-state index in [-0.39, 0.29) is 36.9 Å². The minimum Gasteiger partial charge on any atom is -0.392 e. The van der Waals surface area contributed by atoms with Crippen molar-refractivity contribution in [2.75, 3.05) is 19.6 Å². The fourth-order valence-corrected chi connectivity index (χ4v) is 6.28. The van der Waals surface area contributed by atoms with Crippen LogP contribution in [0, 0.1) is 5.92 Å². The van der Waals surface area contributed by atoms with Gasteiger partial charge in [0.25, 0.3) is 0 Å². The zero-order chi connectivity index (χ0) is 31.9. The summed E-state index contributed by atoms with van der Waals surface area (Å²) in [6, 6.07) is 34.0. The number of aliphatic hydroxyl groups excluding tert-OH is 2. The van der Waals surface area contributed by atoms with Crippen molar-refractivity contribution in [3.05, 3.63) is 131 Å². The topological polar surface area (TPSA) is 103 Å². The van der Waals surface area contributed by atoms with Gasteiger partial charge in [0.2, 0.25) is 0 Å². The molecule has 0 saturated carbocycles. The van der Waals surface area contributed by atoms with Crippen molar-refractivity contribution < 1.29 is 24.5 Å². The third-order valence-electron chi connectivity index (χ3n) is 9.00. The van der Waals surface area contributed by atoms with Crippen molar-refractivity contribution in [2.24, 2.45) is 5.92 Å². The maximum atomic E-state index is 12.4. The molecule has 2 saturated heterocycles. The largest absolute Gasteiger partial charge is 0.392 e. The number of nitrogens with zero attached hydrogens (tertiary/aromatic N) is 1. The number of carbonyl (C=O) groups is 1. The van der Waals surface area contributed by atoms with E-state index in [2.05, 4.69) is 58.9 Å². The van der Waals surface area contributed by atoms with Crippen LogP contribution in [0.4, 0.5) is 4.79 Å². The van der Waals surface area contributed by atoms with Crippen molar-refractivity contribution in [3.8, 4) is 11.1 Å². The summed E-state index contributed by atoms with van der Waals surface area (Å²) in [5.41, 5.74) is 7.03. The first-order valence-corrected chi connectivity index (χ1v) is 16.1. The highest BCUT2D eigenvalue weighted by atomic mass is 16.7. The Morgan fingerprint density at radius 1 is 0.804 bits per heavy atom. The molecule has 4 aromatic carbocycles. The summed E-state index contributed by atoms with van der Waals surface area (Å²) in [5, 5.41) is 25.5. The molecule has 2 fully saturated rings. The lowest BCUT2D eigenvalue weighted by molar-refractivity contribution is -0.276. The fourth-order valence-electron chi connectivity index (χ4n) is 6.28. The lowest BCUT2D eigenvalue weighted by atomic mass is 9.90. The van der Waals surface area contributed by atoms with Crippen LogP contribution in [0.2, 0.25) is 0 Å². The molecule has 2 aliphatic heterocycles. The van der Waals surface area contributed by atoms with Crippen molar-refractivity contribution in [1.82, 2.24) is 15.5 Å². The van der Waals surface area contributed by atoms with Gasteiger partial charge in [0.1, 0.15) is 0 Å². The minimum atomic E-state index is -0.546. The highest BCUT2D eigenvalue weighted by Gasteiger charge is 2.39. The second-order valence-electron chi connectivity index (χ2n) is 12.4. The Morgan fingerprint density at radius 3 is 2.20 bits per heavy atom. The fraction of sp³-hybridized carbons (Fsp3) is 0.342. The van der Waals surface area contributed by atoms with E-state index in [0.29, 0.717) is 19.6 Å². The average Bonchev–Trinajstić information content (AvgIpc) is 3.52. The van der Waals surface area contributed by atoms with E-state index in [1.54, 1.807) is 0 Å². The van der Waals surface area contributed by atoms with Gasteiger partial charge in [-0.3, -0.25) is 4.90 Å². The van der Waals surface area contributed by atoms with Gasteiger partial charge in [0.15, 0.2) is 6.29 Å². The maximum absolute atomic E-state index is 12.4. The molecule has 0 aromatic heterocycles. The quantitative estimate of drug-likeness (QED) is 0.181. The Bertz CT molecular complexity index is 1560. The number of amides is 2. The minimum absolute atomic E-state index is 0.00284. The van der Waals surface area contributed by atoms with Gasteiger partial charge in [0, 0.05) is 44.2 Å². The number of hydrogen-bond donors (Lipinski definition) is 4. The molecule has 46 heavy (non-hydrogen) atoms. The van der Waals surface area contributed by atoms with Crippen molar-refractivity contribution >= 4 is 6.03 Å². The summed E-state index contributed by atoms with van der Waals surface area (Å²) in [4.78, 5) is 14.6. The molecule has 0 bridgehead atoms. The molecule has 2 amide bonds. The predicted molar refractivity (Wildman–Crippen MR) is 177 cm³/mol. The van der Waals surface area contributed by atoms with Crippen LogP contribution in [0.1, 0.15) is 53.6 Å². The summed E-state index contributed by atoms with van der Waals surface area (Å²) in [5.74, 6) is 0.0880. The van der Waals surface area contributed by atoms with Crippen molar-refractivity contribution in [1.29, 1.82) is 0 Å². The first kappa shape index (κ1) is 31.9. The van der Waals surface area contributed by atoms with Gasteiger partial charge in [-0.25, -0.2) is 4.79 Å². The number of β-amino-alcohol motifs (C(OH)–C–C–N with tert-alkyl or cyclic N) is 1. The van der Waals surface area contributed by atoms with Crippen molar-refractivity contribution in [3.63, 3.8) is 0 Å². The number of benzene rings is 4. The second kappa shape index (κ2) is 15.0. The SMILES string of the molecule is C[C@H]1[C@@H](CN2CC[C@H](O)C2)O[C@@H](c2ccc(-c3cccc(CNC(=O)NCc4ccccc4)c3)cc2)O[C@H]1c1ccc(CO)cc1. The normalized spacial score (nSPS) is 23.2. The van der Waals surface area contributed by atoms with E-state index in [1.807, 2.05) is 66.7 Å². The highest BCUT2D eigenvalue weighted by Crippen LogP contribution is 2.42. The molecule has 5 atom stereocenters. The maximum Gasteiger partial charge on any atom is 0.315 e. The van der Waals surface area contributed by atoms with Crippen LogP contribution >= 0.6 is 0 Å². The molecule has 2 aliphatic rings. The number of aliphatic hydroxyl groups is 2. The summed E-state index contributed by atoms with van der Waals surface area (Å²) in [7, 11) is 0. The van der Waals surface area contributed by atoms with Crippen LogP contribution in [-0.2, 0) is 29.2 Å². The smallest absolute Gasteiger partial charge is 0.315 e. The molecule has 6 rings (SSSR count). The first-order valence-electron chi connectivity index (χ1n) is 16.1. The second-order valence-corrected chi connectivity index (χ2v) is 12.4. The first-order chi connectivity index (χ1) is 22.4. The molecule has 4 N–H and O–H groups in total. The number of urea groups is 1. The molecular weight excluding hydrogens is 578 g/mol. The molecule has 0 aliphatic carbocycles. The molecule has 0 spiro atoms. The molecular formula is C38H43N3O5. The van der Waals surface area contributed by atoms with Gasteiger partial charge >= 0.3 is 6.03 Å². The summed E-state index contributed by atoms with van der Waals surface area (Å²) in [6.45, 7) is 5.31. The van der Waals surface area contributed by atoms with Crippen LogP contribution in [0.25, 0.3) is 11.1 Å². The summed E-state index contributed by atoms with van der Waals surface area (Å²) >= 11 is 0. The molecule has 8 heteroatoms. The van der Waals surface area contributed by atoms with Gasteiger partial charge in [-0.05, 0) is 45.9 Å². The van der Waals surface area contributed by atoms with Gasteiger partial charge in [-0.2, -0.15) is 0 Å². The average molecular weight is 622 g/mol. The van der Waals surface area contributed by atoms with Gasteiger partial charge < -0.3 is 30.3 Å². The summed E-state index contributed by atoms with van der Waals surface area (Å²) < 4.78 is 13.2. The summed E-state index contributed by atoms with van der Waals surface area (Å²) in [6.07, 6.45) is -0.313. The Labute approximate surface area is 271 Å². The highest BCUT2D eigenvalue weighted by molar-refractivity contribution is 5.74. The molecule has 8 nitrogen and oxygen atoms in total. The molecule has 0 unspecified atom stereocenters. The third kappa shape index (κ3) is 8.02. The van der Waals surface area contributed by atoms with E-state index in [0.717, 1.165) is 58.5 Å². The van der Waals surface area contributed by atoms with Crippen molar-refractivity contribution in [2.45, 2.75) is 57.6 Å². The predicted octanol–water partition coefficient (Wildman–Crippen LogP) is 5.70. The molecule has 2 heterocycles. The Morgan fingerprint density at radius 2 is 1.50 bits per heavy atom. The van der Waals surface area contributed by atoms with E-state index in [1.165, 1.54) is 0 Å². The van der Waals surface area contributed by atoms with Crippen LogP contribution in [0.15, 0.2) is 103 Å². The number of nitrogens with one attached hydrogen (secondary N) is 2. The van der Waals surface area contributed by atoms with Gasteiger partial charge in [-0.1, -0.05) is 104 Å². The van der Waals surface area contributed by atoms with Gasteiger partial charge in [-0.15, -0.1) is 0 Å². The number of ether oxygens (including phenoxy) is 2. The number of likely N-dealkylation sites (tertiary alicyclic amines) is 1. The van der Waals surface area contributed by atoms with Crippen LogP contribution in [-0.4, -0.2) is 53.0 Å².